The topological polar surface area (TPSA) is 15.3 Å². The number of piperazine rings is 1. The minimum absolute atomic E-state index is 0.290. The lowest BCUT2D eigenvalue weighted by molar-refractivity contribution is 0.196. The Morgan fingerprint density at radius 2 is 1.81 bits per heavy atom. The molecule has 1 saturated carbocycles. The summed E-state index contributed by atoms with van der Waals surface area (Å²) < 4.78 is 0. The monoisotopic (exact) mass is 326 g/mol. The van der Waals surface area contributed by atoms with Gasteiger partial charge in [0.15, 0.2) is 0 Å². The van der Waals surface area contributed by atoms with Crippen molar-refractivity contribution in [3.8, 4) is 0 Å². The number of rotatable bonds is 2. The van der Waals surface area contributed by atoms with Crippen molar-refractivity contribution in [2.45, 2.75) is 57.0 Å². The van der Waals surface area contributed by atoms with E-state index >= 15 is 0 Å². The van der Waals surface area contributed by atoms with E-state index in [9.17, 15) is 0 Å². The normalized spacial score (nSPS) is 25.3. The van der Waals surface area contributed by atoms with E-state index in [0.29, 0.717) is 11.6 Å². The summed E-state index contributed by atoms with van der Waals surface area (Å²) in [5.74, 6) is 0. The average molecular weight is 327 g/mol. The molecule has 0 amide bonds. The molecular weight excluding hydrogens is 303 g/mol. The van der Waals surface area contributed by atoms with Crippen LogP contribution in [-0.4, -0.2) is 24.7 Å². The maximum Gasteiger partial charge on any atom is 0.0441 e. The molecule has 1 unspecified atom stereocenters. The van der Waals surface area contributed by atoms with Gasteiger partial charge in [0, 0.05) is 40.4 Å². The molecule has 2 nitrogen and oxygen atoms in total. The minimum atomic E-state index is 0.290. The second-order valence-electron chi connectivity index (χ2n) is 6.54. The number of anilines is 1. The summed E-state index contributed by atoms with van der Waals surface area (Å²) >= 11 is 12.4. The third-order valence-corrected chi connectivity index (χ3v) is 5.52. The molecule has 1 aromatic carbocycles. The maximum atomic E-state index is 6.21. The van der Waals surface area contributed by atoms with E-state index in [1.807, 2.05) is 6.07 Å². The standard InChI is InChI=1S/C17H24Cl2N2/c1-2-15-11-20-17(6-4-3-5-7-17)12-21(15)16-9-13(18)8-14(19)10-16/h8-10,15,20H,2-7,11-12H2,1H3. The highest BCUT2D eigenvalue weighted by atomic mass is 35.5. The lowest BCUT2D eigenvalue weighted by Crippen LogP contribution is -2.65. The molecule has 1 spiro atoms. The predicted octanol–water partition coefficient (Wildman–Crippen LogP) is 4.88. The molecule has 1 aliphatic carbocycles. The first-order chi connectivity index (χ1) is 10.1. The average Bonchev–Trinajstić information content (AvgIpc) is 2.47. The molecule has 21 heavy (non-hydrogen) atoms. The molecule has 2 aliphatic rings. The van der Waals surface area contributed by atoms with Gasteiger partial charge in [-0.05, 0) is 37.5 Å². The summed E-state index contributed by atoms with van der Waals surface area (Å²) in [6, 6.07) is 6.44. The first-order valence-electron chi connectivity index (χ1n) is 8.10. The van der Waals surface area contributed by atoms with Crippen LogP contribution in [0, 0.1) is 0 Å². The summed E-state index contributed by atoms with van der Waals surface area (Å²) in [6.45, 7) is 4.38. The van der Waals surface area contributed by atoms with Crippen LogP contribution in [0.15, 0.2) is 18.2 Å². The zero-order valence-corrected chi connectivity index (χ0v) is 14.2. The van der Waals surface area contributed by atoms with Crippen molar-refractivity contribution < 1.29 is 0 Å². The molecule has 0 radical (unpaired) electrons. The highest BCUT2D eigenvalue weighted by Crippen LogP contribution is 2.36. The lowest BCUT2D eigenvalue weighted by Gasteiger charge is -2.50. The lowest BCUT2D eigenvalue weighted by atomic mass is 9.79. The van der Waals surface area contributed by atoms with Gasteiger partial charge in [-0.25, -0.2) is 0 Å². The highest BCUT2D eigenvalue weighted by molar-refractivity contribution is 6.35. The van der Waals surface area contributed by atoms with E-state index in [4.69, 9.17) is 23.2 Å². The van der Waals surface area contributed by atoms with E-state index in [1.54, 1.807) is 0 Å². The molecular formula is C17H24Cl2N2. The van der Waals surface area contributed by atoms with Crippen molar-refractivity contribution in [1.29, 1.82) is 0 Å². The van der Waals surface area contributed by atoms with Crippen molar-refractivity contribution in [1.82, 2.24) is 5.32 Å². The number of halogens is 2. The summed E-state index contributed by atoms with van der Waals surface area (Å²) in [4.78, 5) is 2.53. The van der Waals surface area contributed by atoms with Crippen LogP contribution < -0.4 is 10.2 Å². The van der Waals surface area contributed by atoms with Gasteiger partial charge in [-0.15, -0.1) is 0 Å². The van der Waals surface area contributed by atoms with Crippen molar-refractivity contribution >= 4 is 28.9 Å². The third kappa shape index (κ3) is 3.33. The predicted molar refractivity (Wildman–Crippen MR) is 91.7 cm³/mol. The number of hydrogen-bond acceptors (Lipinski definition) is 2. The fraction of sp³-hybridized carbons (Fsp3) is 0.647. The van der Waals surface area contributed by atoms with Crippen LogP contribution in [0.5, 0.6) is 0 Å². The first-order valence-corrected chi connectivity index (χ1v) is 8.85. The molecule has 1 aliphatic heterocycles. The summed E-state index contributed by atoms with van der Waals surface area (Å²) in [5.41, 5.74) is 1.46. The fourth-order valence-corrected chi connectivity index (χ4v) is 4.41. The SMILES string of the molecule is CCC1CNC2(CCCCC2)CN1c1cc(Cl)cc(Cl)c1. The highest BCUT2D eigenvalue weighted by Gasteiger charge is 2.39. The van der Waals surface area contributed by atoms with Gasteiger partial charge in [0.2, 0.25) is 0 Å². The van der Waals surface area contributed by atoms with Crippen LogP contribution >= 0.6 is 23.2 Å². The Morgan fingerprint density at radius 1 is 1.14 bits per heavy atom. The Morgan fingerprint density at radius 3 is 2.43 bits per heavy atom. The Labute approximate surface area is 137 Å². The maximum absolute atomic E-state index is 6.21. The van der Waals surface area contributed by atoms with Gasteiger partial charge in [0.25, 0.3) is 0 Å². The van der Waals surface area contributed by atoms with Crippen molar-refractivity contribution in [2.24, 2.45) is 0 Å². The van der Waals surface area contributed by atoms with Crippen LogP contribution in [0.4, 0.5) is 5.69 Å². The number of hydrogen-bond donors (Lipinski definition) is 1. The molecule has 2 fully saturated rings. The summed E-state index contributed by atoms with van der Waals surface area (Å²) in [6.07, 6.45) is 7.77. The van der Waals surface area contributed by atoms with E-state index in [1.165, 1.54) is 37.8 Å². The molecule has 1 heterocycles. The van der Waals surface area contributed by atoms with Gasteiger partial charge in [-0.2, -0.15) is 0 Å². The molecule has 4 heteroatoms. The zero-order chi connectivity index (χ0) is 14.9. The molecule has 1 N–H and O–H groups in total. The molecule has 1 saturated heterocycles. The van der Waals surface area contributed by atoms with Crippen molar-refractivity contribution in [3.05, 3.63) is 28.2 Å². The van der Waals surface area contributed by atoms with Gasteiger partial charge >= 0.3 is 0 Å². The molecule has 1 aromatic rings. The zero-order valence-electron chi connectivity index (χ0n) is 12.7. The van der Waals surface area contributed by atoms with Crippen LogP contribution in [0.3, 0.4) is 0 Å². The van der Waals surface area contributed by atoms with Gasteiger partial charge in [0.1, 0.15) is 0 Å². The van der Waals surface area contributed by atoms with Gasteiger partial charge < -0.3 is 10.2 Å². The van der Waals surface area contributed by atoms with Gasteiger partial charge in [-0.3, -0.25) is 0 Å². The number of benzene rings is 1. The Hall–Kier alpha value is -0.440. The van der Waals surface area contributed by atoms with E-state index < -0.39 is 0 Å². The summed E-state index contributed by atoms with van der Waals surface area (Å²) in [5, 5.41) is 5.31. The Bertz CT molecular complexity index is 477. The van der Waals surface area contributed by atoms with Gasteiger partial charge in [-0.1, -0.05) is 49.4 Å². The van der Waals surface area contributed by atoms with Crippen LogP contribution in [-0.2, 0) is 0 Å². The second kappa shape index (κ2) is 6.36. The van der Waals surface area contributed by atoms with Crippen LogP contribution in [0.25, 0.3) is 0 Å². The third-order valence-electron chi connectivity index (χ3n) is 5.09. The van der Waals surface area contributed by atoms with E-state index in [-0.39, 0.29) is 0 Å². The smallest absolute Gasteiger partial charge is 0.0441 e. The fourth-order valence-electron chi connectivity index (χ4n) is 3.89. The number of nitrogens with zero attached hydrogens (tertiary/aromatic N) is 1. The number of nitrogens with one attached hydrogen (secondary N) is 1. The largest absolute Gasteiger partial charge is 0.365 e. The molecule has 3 rings (SSSR count). The van der Waals surface area contributed by atoms with Crippen molar-refractivity contribution in [2.75, 3.05) is 18.0 Å². The summed E-state index contributed by atoms with van der Waals surface area (Å²) in [7, 11) is 0. The molecule has 1 atom stereocenters. The Kier molecular flexibility index (Phi) is 4.68. The first kappa shape index (κ1) is 15.5. The molecule has 0 aromatic heterocycles. The van der Waals surface area contributed by atoms with E-state index in [0.717, 1.165) is 29.6 Å². The van der Waals surface area contributed by atoms with Crippen LogP contribution in [0.2, 0.25) is 10.0 Å². The second-order valence-corrected chi connectivity index (χ2v) is 7.41. The Balaban J connectivity index is 1.88. The van der Waals surface area contributed by atoms with Gasteiger partial charge in [0.05, 0.1) is 0 Å². The quantitative estimate of drug-likeness (QED) is 0.832. The minimum Gasteiger partial charge on any atom is -0.365 e. The van der Waals surface area contributed by atoms with Crippen LogP contribution in [0.1, 0.15) is 45.4 Å². The molecule has 116 valence electrons. The van der Waals surface area contributed by atoms with E-state index in [2.05, 4.69) is 29.3 Å². The van der Waals surface area contributed by atoms with Crippen molar-refractivity contribution in [3.63, 3.8) is 0 Å². The molecule has 0 bridgehead atoms.